The van der Waals surface area contributed by atoms with Crippen molar-refractivity contribution in [3.8, 4) is 5.69 Å². The maximum atomic E-state index is 14.4. The number of aromatic nitrogens is 4. The zero-order valence-corrected chi connectivity index (χ0v) is 14.2. The number of hydrogen-bond acceptors (Lipinski definition) is 4. The van der Waals surface area contributed by atoms with Crippen molar-refractivity contribution in [2.24, 2.45) is 0 Å². The summed E-state index contributed by atoms with van der Waals surface area (Å²) >= 11 is 0. The van der Waals surface area contributed by atoms with E-state index in [0.29, 0.717) is 40.7 Å². The largest absolute Gasteiger partial charge is 0.322 e. The van der Waals surface area contributed by atoms with E-state index in [2.05, 4.69) is 20.3 Å². The summed E-state index contributed by atoms with van der Waals surface area (Å²) < 4.78 is 16.1. The molecule has 0 atom stereocenters. The number of benzene rings is 1. The van der Waals surface area contributed by atoms with Gasteiger partial charge in [0.1, 0.15) is 17.5 Å². The highest BCUT2D eigenvalue weighted by Crippen LogP contribution is 2.20. The van der Waals surface area contributed by atoms with Gasteiger partial charge in [0.25, 0.3) is 5.91 Å². The van der Waals surface area contributed by atoms with Gasteiger partial charge in [0.15, 0.2) is 0 Å². The molecular formula is C18H18FN5O. The second kappa shape index (κ2) is 6.80. The molecule has 2 aromatic heterocycles. The molecule has 3 aromatic rings. The first-order valence-electron chi connectivity index (χ1n) is 7.93. The molecule has 3 rings (SSSR count). The van der Waals surface area contributed by atoms with Crippen LogP contribution in [-0.4, -0.2) is 25.4 Å². The van der Waals surface area contributed by atoms with E-state index in [0.717, 1.165) is 0 Å². The van der Waals surface area contributed by atoms with Crippen LogP contribution in [0.5, 0.6) is 0 Å². The van der Waals surface area contributed by atoms with E-state index in [-0.39, 0.29) is 5.91 Å². The Morgan fingerprint density at radius 1 is 1.28 bits per heavy atom. The Labute approximate surface area is 144 Å². The molecule has 0 fully saturated rings. The Morgan fingerprint density at radius 2 is 2.08 bits per heavy atom. The molecule has 6 nitrogen and oxygen atoms in total. The number of carbonyl (C=O) groups excluding carboxylic acids is 1. The summed E-state index contributed by atoms with van der Waals surface area (Å²) in [6, 6.07) is 4.54. The molecule has 1 N–H and O–H groups in total. The van der Waals surface area contributed by atoms with Gasteiger partial charge in [-0.25, -0.2) is 19.3 Å². The topological polar surface area (TPSA) is 72.7 Å². The van der Waals surface area contributed by atoms with Crippen LogP contribution >= 0.6 is 0 Å². The summed E-state index contributed by atoms with van der Waals surface area (Å²) in [5.41, 5.74) is 1.80. The third-order valence-electron chi connectivity index (χ3n) is 3.86. The Bertz CT molecular complexity index is 935. The van der Waals surface area contributed by atoms with Gasteiger partial charge < -0.3 is 9.88 Å². The second-order valence-electron chi connectivity index (χ2n) is 5.60. The number of hydrogen-bond donors (Lipinski definition) is 1. The average molecular weight is 339 g/mol. The molecule has 0 unspecified atom stereocenters. The fraction of sp³-hybridized carbons (Fsp3) is 0.222. The van der Waals surface area contributed by atoms with Crippen LogP contribution in [0.15, 0.2) is 36.8 Å². The summed E-state index contributed by atoms with van der Waals surface area (Å²) in [5.74, 6) is 0.483. The summed E-state index contributed by atoms with van der Waals surface area (Å²) in [6.45, 7) is 5.48. The molecule has 0 bridgehead atoms. The van der Waals surface area contributed by atoms with Crippen molar-refractivity contribution in [3.63, 3.8) is 0 Å². The van der Waals surface area contributed by atoms with E-state index in [9.17, 15) is 9.18 Å². The molecule has 0 saturated carbocycles. The van der Waals surface area contributed by atoms with E-state index in [1.54, 1.807) is 42.9 Å². The molecule has 1 aromatic carbocycles. The number of aryl methyl sites for hydroxylation is 3. The second-order valence-corrected chi connectivity index (χ2v) is 5.60. The lowest BCUT2D eigenvalue weighted by molar-refractivity contribution is 0.102. The van der Waals surface area contributed by atoms with Crippen molar-refractivity contribution in [1.82, 2.24) is 19.5 Å². The molecule has 0 aliphatic carbocycles. The number of imidazole rings is 1. The van der Waals surface area contributed by atoms with E-state index in [1.165, 1.54) is 12.3 Å². The van der Waals surface area contributed by atoms with Gasteiger partial charge in [0, 0.05) is 24.3 Å². The quantitative estimate of drug-likeness (QED) is 0.792. The Balaban J connectivity index is 1.85. The van der Waals surface area contributed by atoms with Gasteiger partial charge in [-0.1, -0.05) is 6.92 Å². The van der Waals surface area contributed by atoms with Crippen molar-refractivity contribution >= 4 is 11.6 Å². The maximum Gasteiger partial charge on any atom is 0.259 e. The standard InChI is InChI=1S/C18H18FN5O/c1-4-16-14(10-21-11(2)22-16)18(25)23-13-5-6-17(15(19)9-13)24-8-7-20-12(24)3/h5-10H,4H2,1-3H3,(H,23,25). The highest BCUT2D eigenvalue weighted by molar-refractivity contribution is 6.04. The van der Waals surface area contributed by atoms with Crippen LogP contribution in [0.1, 0.15) is 34.6 Å². The van der Waals surface area contributed by atoms with Crippen molar-refractivity contribution < 1.29 is 9.18 Å². The molecule has 2 heterocycles. The van der Waals surface area contributed by atoms with Crippen molar-refractivity contribution in [2.75, 3.05) is 5.32 Å². The predicted octanol–water partition coefficient (Wildman–Crippen LogP) is 3.23. The number of rotatable bonds is 4. The zero-order chi connectivity index (χ0) is 18.0. The third kappa shape index (κ3) is 3.40. The maximum absolute atomic E-state index is 14.4. The molecule has 1 amide bonds. The van der Waals surface area contributed by atoms with Crippen LogP contribution in [0.2, 0.25) is 0 Å². The first kappa shape index (κ1) is 16.8. The highest BCUT2D eigenvalue weighted by Gasteiger charge is 2.14. The van der Waals surface area contributed by atoms with Gasteiger partial charge in [0.2, 0.25) is 0 Å². The molecule has 7 heteroatoms. The third-order valence-corrected chi connectivity index (χ3v) is 3.86. The molecule has 0 saturated heterocycles. The number of anilines is 1. The van der Waals surface area contributed by atoms with Crippen LogP contribution < -0.4 is 5.32 Å². The number of nitrogens with one attached hydrogen (secondary N) is 1. The molecule has 25 heavy (non-hydrogen) atoms. The van der Waals surface area contributed by atoms with Gasteiger partial charge in [-0.2, -0.15) is 0 Å². The monoisotopic (exact) mass is 339 g/mol. The summed E-state index contributed by atoms with van der Waals surface area (Å²) in [5, 5.41) is 2.70. The summed E-state index contributed by atoms with van der Waals surface area (Å²) in [7, 11) is 0. The van der Waals surface area contributed by atoms with Gasteiger partial charge >= 0.3 is 0 Å². The minimum Gasteiger partial charge on any atom is -0.322 e. The van der Waals surface area contributed by atoms with Crippen LogP contribution in [-0.2, 0) is 6.42 Å². The van der Waals surface area contributed by atoms with Gasteiger partial charge in [-0.05, 0) is 38.5 Å². The smallest absolute Gasteiger partial charge is 0.259 e. The van der Waals surface area contributed by atoms with Gasteiger partial charge in [-0.15, -0.1) is 0 Å². The van der Waals surface area contributed by atoms with E-state index >= 15 is 0 Å². The number of carbonyl (C=O) groups is 1. The van der Waals surface area contributed by atoms with Crippen LogP contribution in [0.4, 0.5) is 10.1 Å². The Hall–Kier alpha value is -3.09. The molecule has 128 valence electrons. The molecular weight excluding hydrogens is 321 g/mol. The molecule has 0 spiro atoms. The molecule has 0 aliphatic heterocycles. The van der Waals surface area contributed by atoms with Crippen LogP contribution in [0.3, 0.4) is 0 Å². The molecule has 0 aliphatic rings. The zero-order valence-electron chi connectivity index (χ0n) is 14.2. The van der Waals surface area contributed by atoms with Crippen molar-refractivity contribution in [3.05, 3.63) is 65.5 Å². The molecule has 0 radical (unpaired) electrons. The first-order chi connectivity index (χ1) is 12.0. The van der Waals surface area contributed by atoms with E-state index in [4.69, 9.17) is 0 Å². The minimum atomic E-state index is -0.449. The number of halogens is 1. The normalized spacial score (nSPS) is 10.7. The number of amides is 1. The van der Waals surface area contributed by atoms with E-state index < -0.39 is 5.82 Å². The average Bonchev–Trinajstić information content (AvgIpc) is 3.00. The van der Waals surface area contributed by atoms with Crippen molar-refractivity contribution in [1.29, 1.82) is 0 Å². The Morgan fingerprint density at radius 3 is 2.72 bits per heavy atom. The van der Waals surface area contributed by atoms with Gasteiger partial charge in [0.05, 0.1) is 16.9 Å². The van der Waals surface area contributed by atoms with Crippen LogP contribution in [0.25, 0.3) is 5.69 Å². The lowest BCUT2D eigenvalue weighted by atomic mass is 10.1. The van der Waals surface area contributed by atoms with Crippen molar-refractivity contribution in [2.45, 2.75) is 27.2 Å². The Kier molecular flexibility index (Phi) is 4.56. The fourth-order valence-electron chi connectivity index (χ4n) is 2.59. The summed E-state index contributed by atoms with van der Waals surface area (Å²) in [4.78, 5) is 24.9. The fourth-order valence-corrected chi connectivity index (χ4v) is 2.59. The van der Waals surface area contributed by atoms with Crippen LogP contribution in [0, 0.1) is 19.7 Å². The first-order valence-corrected chi connectivity index (χ1v) is 7.93. The lowest BCUT2D eigenvalue weighted by Crippen LogP contribution is -2.16. The van der Waals surface area contributed by atoms with Gasteiger partial charge in [-0.3, -0.25) is 4.79 Å². The van der Waals surface area contributed by atoms with E-state index in [1.807, 2.05) is 6.92 Å². The predicted molar refractivity (Wildman–Crippen MR) is 92.4 cm³/mol. The summed E-state index contributed by atoms with van der Waals surface area (Å²) in [6.07, 6.45) is 5.40. The minimum absolute atomic E-state index is 0.359. The SMILES string of the molecule is CCc1nc(C)ncc1C(=O)Nc1ccc(-n2ccnc2C)c(F)c1. The lowest BCUT2D eigenvalue weighted by Gasteiger charge is -2.11. The number of nitrogens with zero attached hydrogens (tertiary/aromatic N) is 4. The highest BCUT2D eigenvalue weighted by atomic mass is 19.1.